The maximum atomic E-state index is 11.4. The lowest BCUT2D eigenvalue weighted by Crippen LogP contribution is -2.21. The van der Waals surface area contributed by atoms with Gasteiger partial charge in [0.2, 0.25) is 0 Å². The minimum atomic E-state index is -1.08. The van der Waals surface area contributed by atoms with Crippen molar-refractivity contribution in [3.05, 3.63) is 11.1 Å². The van der Waals surface area contributed by atoms with Gasteiger partial charge in [0.1, 0.15) is 0 Å². The fourth-order valence-electron chi connectivity index (χ4n) is 2.66. The summed E-state index contributed by atoms with van der Waals surface area (Å²) in [6.07, 6.45) is 5.04. The first-order valence-corrected chi connectivity index (χ1v) is 6.63. The standard InChI is InChI=1S/C14H22O4/c1-9(2)8-11(13(15)16)12(14(17)18)10-6-4-3-5-7-10/h9-10H,3-8H2,1-2H3,(H,15,16)(H,17,18). The highest BCUT2D eigenvalue weighted by Gasteiger charge is 2.29. The van der Waals surface area contributed by atoms with Crippen LogP contribution in [-0.4, -0.2) is 22.2 Å². The lowest BCUT2D eigenvalue weighted by Gasteiger charge is -2.24. The smallest absolute Gasteiger partial charge is 0.332 e. The van der Waals surface area contributed by atoms with Crippen LogP contribution in [0.2, 0.25) is 0 Å². The molecule has 0 aromatic carbocycles. The summed E-state index contributed by atoms with van der Waals surface area (Å²) < 4.78 is 0. The van der Waals surface area contributed by atoms with E-state index < -0.39 is 11.9 Å². The third-order valence-electron chi connectivity index (χ3n) is 3.44. The Morgan fingerprint density at radius 2 is 1.61 bits per heavy atom. The number of aliphatic carboxylic acids is 2. The van der Waals surface area contributed by atoms with Gasteiger partial charge in [-0.15, -0.1) is 0 Å². The van der Waals surface area contributed by atoms with Crippen LogP contribution in [-0.2, 0) is 9.59 Å². The van der Waals surface area contributed by atoms with Crippen LogP contribution in [0.25, 0.3) is 0 Å². The van der Waals surface area contributed by atoms with Gasteiger partial charge in [-0.3, -0.25) is 0 Å². The molecule has 102 valence electrons. The van der Waals surface area contributed by atoms with Crippen LogP contribution in [0.4, 0.5) is 0 Å². The molecule has 2 N–H and O–H groups in total. The molecular weight excluding hydrogens is 232 g/mol. The van der Waals surface area contributed by atoms with Crippen LogP contribution in [0, 0.1) is 11.8 Å². The Labute approximate surface area is 108 Å². The lowest BCUT2D eigenvalue weighted by atomic mass is 9.80. The minimum Gasteiger partial charge on any atom is -0.478 e. The molecule has 4 nitrogen and oxygen atoms in total. The Kier molecular flexibility index (Phi) is 5.38. The fourth-order valence-corrected chi connectivity index (χ4v) is 2.66. The number of carboxylic acids is 2. The van der Waals surface area contributed by atoms with E-state index in [1.165, 1.54) is 0 Å². The van der Waals surface area contributed by atoms with E-state index in [1.807, 2.05) is 13.8 Å². The van der Waals surface area contributed by atoms with Gasteiger partial charge in [-0.1, -0.05) is 33.1 Å². The zero-order valence-electron chi connectivity index (χ0n) is 11.1. The Bertz CT molecular complexity index is 349. The summed E-state index contributed by atoms with van der Waals surface area (Å²) in [6.45, 7) is 3.81. The summed E-state index contributed by atoms with van der Waals surface area (Å²) in [5, 5.41) is 18.6. The molecular formula is C14H22O4. The van der Waals surface area contributed by atoms with Crippen molar-refractivity contribution in [1.29, 1.82) is 0 Å². The molecule has 1 aliphatic carbocycles. The molecule has 18 heavy (non-hydrogen) atoms. The van der Waals surface area contributed by atoms with E-state index in [-0.39, 0.29) is 23.0 Å². The predicted molar refractivity (Wildman–Crippen MR) is 68.3 cm³/mol. The van der Waals surface area contributed by atoms with E-state index in [0.717, 1.165) is 32.1 Å². The van der Waals surface area contributed by atoms with Crippen molar-refractivity contribution in [3.8, 4) is 0 Å². The Morgan fingerprint density at radius 3 is 2.00 bits per heavy atom. The van der Waals surface area contributed by atoms with Gasteiger partial charge >= 0.3 is 11.9 Å². The second-order valence-electron chi connectivity index (χ2n) is 5.44. The van der Waals surface area contributed by atoms with E-state index in [0.29, 0.717) is 6.42 Å². The monoisotopic (exact) mass is 254 g/mol. The summed E-state index contributed by atoms with van der Waals surface area (Å²) in [5.74, 6) is -2.07. The van der Waals surface area contributed by atoms with Crippen molar-refractivity contribution >= 4 is 11.9 Å². The summed E-state index contributed by atoms with van der Waals surface area (Å²) in [7, 11) is 0. The maximum Gasteiger partial charge on any atom is 0.332 e. The van der Waals surface area contributed by atoms with Gasteiger partial charge in [0.05, 0.1) is 5.57 Å². The second-order valence-corrected chi connectivity index (χ2v) is 5.44. The second kappa shape index (κ2) is 6.57. The molecule has 0 aliphatic heterocycles. The third-order valence-corrected chi connectivity index (χ3v) is 3.44. The molecule has 0 radical (unpaired) electrons. The van der Waals surface area contributed by atoms with Crippen LogP contribution in [0.5, 0.6) is 0 Å². The van der Waals surface area contributed by atoms with E-state index in [1.54, 1.807) is 0 Å². The summed E-state index contributed by atoms with van der Waals surface area (Å²) in [5.41, 5.74) is 0.250. The van der Waals surface area contributed by atoms with Gasteiger partial charge < -0.3 is 10.2 Å². The number of hydrogen-bond donors (Lipinski definition) is 2. The Hall–Kier alpha value is -1.32. The maximum absolute atomic E-state index is 11.4. The zero-order valence-corrected chi connectivity index (χ0v) is 11.1. The van der Waals surface area contributed by atoms with E-state index in [9.17, 15) is 19.8 Å². The van der Waals surface area contributed by atoms with Crippen LogP contribution in [0.1, 0.15) is 52.4 Å². The van der Waals surface area contributed by atoms with Crippen LogP contribution >= 0.6 is 0 Å². The molecule has 0 unspecified atom stereocenters. The molecule has 1 aliphatic rings. The molecule has 1 fully saturated rings. The number of carboxylic acid groups (broad SMARTS) is 2. The SMILES string of the molecule is CC(C)CC(C(=O)O)=C(C(=O)O)C1CCCCC1. The Balaban J connectivity index is 3.10. The van der Waals surface area contributed by atoms with Gasteiger partial charge in [-0.25, -0.2) is 9.59 Å². The normalized spacial score (nSPS) is 18.6. The summed E-state index contributed by atoms with van der Waals surface area (Å²) in [6, 6.07) is 0. The van der Waals surface area contributed by atoms with Gasteiger partial charge in [-0.05, 0) is 31.1 Å². The average Bonchev–Trinajstić information content (AvgIpc) is 2.28. The average molecular weight is 254 g/mol. The van der Waals surface area contributed by atoms with E-state index >= 15 is 0 Å². The molecule has 0 bridgehead atoms. The highest BCUT2D eigenvalue weighted by molar-refractivity contribution is 5.99. The molecule has 0 heterocycles. The van der Waals surface area contributed by atoms with Gasteiger partial charge in [0.15, 0.2) is 0 Å². The zero-order chi connectivity index (χ0) is 13.7. The highest BCUT2D eigenvalue weighted by atomic mass is 16.4. The van der Waals surface area contributed by atoms with Crippen molar-refractivity contribution in [3.63, 3.8) is 0 Å². The molecule has 0 amide bonds. The van der Waals surface area contributed by atoms with Crippen molar-refractivity contribution in [1.82, 2.24) is 0 Å². The highest BCUT2D eigenvalue weighted by Crippen LogP contribution is 2.33. The van der Waals surface area contributed by atoms with Crippen LogP contribution in [0.15, 0.2) is 11.1 Å². The van der Waals surface area contributed by atoms with Crippen molar-refractivity contribution in [2.24, 2.45) is 11.8 Å². The molecule has 0 aromatic rings. The number of hydrogen-bond acceptors (Lipinski definition) is 2. The topological polar surface area (TPSA) is 74.6 Å². The lowest BCUT2D eigenvalue weighted by molar-refractivity contribution is -0.136. The number of rotatable bonds is 5. The first kappa shape index (κ1) is 14.7. The quantitative estimate of drug-likeness (QED) is 0.739. The van der Waals surface area contributed by atoms with E-state index in [2.05, 4.69) is 0 Å². The molecule has 1 saturated carbocycles. The van der Waals surface area contributed by atoms with Gasteiger partial charge in [0, 0.05) is 5.57 Å². The van der Waals surface area contributed by atoms with Crippen molar-refractivity contribution in [2.45, 2.75) is 52.4 Å². The molecule has 0 saturated heterocycles. The number of carbonyl (C=O) groups is 2. The van der Waals surface area contributed by atoms with Crippen LogP contribution in [0.3, 0.4) is 0 Å². The first-order chi connectivity index (χ1) is 8.43. The predicted octanol–water partition coefficient (Wildman–Crippen LogP) is 3.08. The van der Waals surface area contributed by atoms with E-state index in [4.69, 9.17) is 0 Å². The van der Waals surface area contributed by atoms with Crippen molar-refractivity contribution in [2.75, 3.05) is 0 Å². The Morgan fingerprint density at radius 1 is 1.06 bits per heavy atom. The van der Waals surface area contributed by atoms with Crippen LogP contribution < -0.4 is 0 Å². The fraction of sp³-hybridized carbons (Fsp3) is 0.714. The van der Waals surface area contributed by atoms with Gasteiger partial charge in [0.25, 0.3) is 0 Å². The first-order valence-electron chi connectivity index (χ1n) is 6.63. The summed E-state index contributed by atoms with van der Waals surface area (Å²) >= 11 is 0. The van der Waals surface area contributed by atoms with Gasteiger partial charge in [-0.2, -0.15) is 0 Å². The molecule has 0 aromatic heterocycles. The molecule has 0 atom stereocenters. The summed E-state index contributed by atoms with van der Waals surface area (Å²) in [4.78, 5) is 22.7. The largest absolute Gasteiger partial charge is 0.478 e. The third kappa shape index (κ3) is 3.86. The van der Waals surface area contributed by atoms with Crippen molar-refractivity contribution < 1.29 is 19.8 Å². The molecule has 4 heteroatoms. The molecule has 0 spiro atoms. The minimum absolute atomic E-state index is 0.0823. The molecule has 1 rings (SSSR count).